The lowest BCUT2D eigenvalue weighted by Gasteiger charge is -2.36. The van der Waals surface area contributed by atoms with Gasteiger partial charge in [-0.25, -0.2) is 18.7 Å². The van der Waals surface area contributed by atoms with E-state index < -0.39 is 0 Å². The van der Waals surface area contributed by atoms with Crippen LogP contribution in [-0.2, 0) is 13.1 Å². The molecule has 2 N–H and O–H groups in total. The van der Waals surface area contributed by atoms with Crippen molar-refractivity contribution in [2.75, 3.05) is 49.9 Å². The van der Waals surface area contributed by atoms with E-state index >= 15 is 0 Å². The number of nitrogens with zero attached hydrogens (tertiary/aromatic N) is 6. The molecule has 0 bridgehead atoms. The lowest BCUT2D eigenvalue weighted by Crippen LogP contribution is -2.45. The second-order valence-electron chi connectivity index (χ2n) is 13.8. The summed E-state index contributed by atoms with van der Waals surface area (Å²) in [4.78, 5) is 15.1. The molecule has 0 saturated carbocycles. The highest BCUT2D eigenvalue weighted by molar-refractivity contribution is 5.79. The molecule has 0 aliphatic carbocycles. The number of imidazole rings is 2. The van der Waals surface area contributed by atoms with Gasteiger partial charge in [-0.1, -0.05) is 48.5 Å². The molecule has 2 aliphatic heterocycles. The van der Waals surface area contributed by atoms with E-state index in [4.69, 9.17) is 9.97 Å². The van der Waals surface area contributed by atoms with Crippen molar-refractivity contribution in [3.05, 3.63) is 120 Å². The van der Waals surface area contributed by atoms with Crippen molar-refractivity contribution in [1.29, 1.82) is 0 Å². The number of piperidine rings is 2. The molecule has 2 fully saturated rings. The number of para-hydroxylation sites is 4. The van der Waals surface area contributed by atoms with Crippen molar-refractivity contribution >= 4 is 34.0 Å². The highest BCUT2D eigenvalue weighted by Gasteiger charge is 2.25. The molecule has 0 amide bonds. The van der Waals surface area contributed by atoms with E-state index in [1.807, 2.05) is 48.5 Å². The first-order valence-corrected chi connectivity index (χ1v) is 17.9. The smallest absolute Gasteiger partial charge is 0.204 e. The van der Waals surface area contributed by atoms with E-state index in [2.05, 4.69) is 53.8 Å². The molecular formula is C40H44F2N8. The first-order valence-electron chi connectivity index (χ1n) is 17.9. The Kier molecular flexibility index (Phi) is 9.45. The van der Waals surface area contributed by atoms with Gasteiger partial charge in [-0.2, -0.15) is 0 Å². The van der Waals surface area contributed by atoms with Gasteiger partial charge in [-0.05, 0) is 85.3 Å². The second-order valence-corrected chi connectivity index (χ2v) is 13.8. The van der Waals surface area contributed by atoms with Crippen LogP contribution in [0.4, 0.5) is 20.7 Å². The van der Waals surface area contributed by atoms with Crippen LogP contribution in [0.25, 0.3) is 22.1 Å². The minimum Gasteiger partial charge on any atom is -0.353 e. The Morgan fingerprint density at radius 1 is 0.520 bits per heavy atom. The minimum absolute atomic E-state index is 0.218. The lowest BCUT2D eigenvalue weighted by molar-refractivity contribution is 0.158. The Balaban J connectivity index is 0.817. The third-order valence-corrected chi connectivity index (χ3v) is 10.4. The number of hydrogen-bond donors (Lipinski definition) is 2. The fraction of sp³-hybridized carbons (Fsp3) is 0.350. The molecule has 50 heavy (non-hydrogen) atoms. The lowest BCUT2D eigenvalue weighted by atomic mass is 10.0. The molecule has 0 radical (unpaired) electrons. The molecule has 2 aliphatic rings. The van der Waals surface area contributed by atoms with Gasteiger partial charge in [0.25, 0.3) is 0 Å². The Labute approximate surface area is 291 Å². The van der Waals surface area contributed by atoms with Crippen LogP contribution in [0.2, 0.25) is 0 Å². The van der Waals surface area contributed by atoms with E-state index in [0.29, 0.717) is 25.2 Å². The van der Waals surface area contributed by atoms with Gasteiger partial charge in [0.05, 0.1) is 35.2 Å². The molecule has 8 rings (SSSR count). The van der Waals surface area contributed by atoms with Crippen molar-refractivity contribution in [1.82, 2.24) is 28.9 Å². The average molecular weight is 675 g/mol. The van der Waals surface area contributed by atoms with Crippen LogP contribution in [0.3, 0.4) is 0 Å². The number of anilines is 2. The van der Waals surface area contributed by atoms with Crippen molar-refractivity contribution in [2.24, 2.45) is 0 Å². The number of rotatable bonds is 11. The fourth-order valence-electron chi connectivity index (χ4n) is 7.49. The Bertz CT molecular complexity index is 1870. The minimum atomic E-state index is -0.218. The quantitative estimate of drug-likeness (QED) is 0.151. The summed E-state index contributed by atoms with van der Waals surface area (Å²) < 4.78 is 31.5. The molecular weight excluding hydrogens is 630 g/mol. The SMILES string of the molecule is Fc1ccc(Cn2c(NC3CCN(CCN4CCC(Nc5nc6ccccc6n5Cc5ccc(F)cc5)CC4)CC3)nc3ccccc32)cc1. The van der Waals surface area contributed by atoms with Crippen LogP contribution in [-0.4, -0.2) is 80.3 Å². The molecule has 10 heteroatoms. The number of halogens is 2. The number of nitrogens with one attached hydrogen (secondary N) is 2. The summed E-state index contributed by atoms with van der Waals surface area (Å²) in [7, 11) is 0. The van der Waals surface area contributed by atoms with Crippen molar-refractivity contribution in [3.8, 4) is 0 Å². The van der Waals surface area contributed by atoms with Crippen molar-refractivity contribution < 1.29 is 8.78 Å². The monoisotopic (exact) mass is 674 g/mol. The summed E-state index contributed by atoms with van der Waals surface area (Å²) >= 11 is 0. The van der Waals surface area contributed by atoms with Crippen LogP contribution in [0.5, 0.6) is 0 Å². The van der Waals surface area contributed by atoms with Gasteiger partial charge in [0.1, 0.15) is 11.6 Å². The third-order valence-electron chi connectivity index (χ3n) is 10.4. The summed E-state index contributed by atoms with van der Waals surface area (Å²) in [5, 5.41) is 7.52. The van der Waals surface area contributed by atoms with Crippen LogP contribution in [0.1, 0.15) is 36.8 Å². The third kappa shape index (κ3) is 7.37. The van der Waals surface area contributed by atoms with Gasteiger partial charge < -0.3 is 29.6 Å². The maximum absolute atomic E-state index is 13.5. The summed E-state index contributed by atoms with van der Waals surface area (Å²) in [6.07, 6.45) is 4.30. The summed E-state index contributed by atoms with van der Waals surface area (Å²) in [6.45, 7) is 7.73. The van der Waals surface area contributed by atoms with E-state index in [1.54, 1.807) is 0 Å². The molecule has 2 aromatic heterocycles. The van der Waals surface area contributed by atoms with Gasteiger partial charge in [-0.3, -0.25) is 0 Å². The molecule has 8 nitrogen and oxygen atoms in total. The Hall–Kier alpha value is -4.80. The topological polar surface area (TPSA) is 66.2 Å². The molecule has 2 saturated heterocycles. The molecule has 0 atom stereocenters. The zero-order valence-electron chi connectivity index (χ0n) is 28.3. The summed E-state index contributed by atoms with van der Waals surface area (Å²) in [5.41, 5.74) is 6.20. The molecule has 258 valence electrons. The van der Waals surface area contributed by atoms with Crippen LogP contribution in [0.15, 0.2) is 97.1 Å². The summed E-state index contributed by atoms with van der Waals surface area (Å²) in [6, 6.07) is 30.6. The number of hydrogen-bond acceptors (Lipinski definition) is 6. The first-order chi connectivity index (χ1) is 24.5. The van der Waals surface area contributed by atoms with Gasteiger partial charge in [0.2, 0.25) is 11.9 Å². The molecule has 6 aromatic rings. The molecule has 4 aromatic carbocycles. The average Bonchev–Trinajstić information content (AvgIpc) is 3.67. The highest BCUT2D eigenvalue weighted by atomic mass is 19.1. The fourth-order valence-corrected chi connectivity index (χ4v) is 7.49. The molecule has 0 unspecified atom stereocenters. The maximum Gasteiger partial charge on any atom is 0.204 e. The van der Waals surface area contributed by atoms with Crippen LogP contribution < -0.4 is 10.6 Å². The molecule has 4 heterocycles. The predicted molar refractivity (Wildman–Crippen MR) is 197 cm³/mol. The highest BCUT2D eigenvalue weighted by Crippen LogP contribution is 2.26. The predicted octanol–water partition coefficient (Wildman–Crippen LogP) is 7.21. The normalized spacial score (nSPS) is 16.8. The van der Waals surface area contributed by atoms with Crippen molar-refractivity contribution in [3.63, 3.8) is 0 Å². The van der Waals surface area contributed by atoms with Crippen molar-refractivity contribution in [2.45, 2.75) is 50.9 Å². The largest absolute Gasteiger partial charge is 0.353 e. The second kappa shape index (κ2) is 14.6. The first kappa shape index (κ1) is 32.4. The van der Waals surface area contributed by atoms with E-state index in [0.717, 1.165) is 110 Å². The van der Waals surface area contributed by atoms with Gasteiger partial charge in [0, 0.05) is 51.4 Å². The van der Waals surface area contributed by atoms with Gasteiger partial charge in [0.15, 0.2) is 0 Å². The number of aromatic nitrogens is 4. The maximum atomic E-state index is 13.5. The van der Waals surface area contributed by atoms with E-state index in [9.17, 15) is 8.78 Å². The van der Waals surface area contributed by atoms with Gasteiger partial charge >= 0.3 is 0 Å². The standard InChI is InChI=1S/C40H44F2N8/c41-31-13-9-29(10-14-31)27-49-37-7-3-1-5-35(37)45-39(49)43-33-17-21-47(22-18-33)25-26-48-23-19-34(20-24-48)44-40-46-36-6-2-4-8-38(36)50(40)28-30-11-15-32(42)16-12-30/h1-16,33-34H,17-28H2,(H,43,45)(H,44,46). The Morgan fingerprint density at radius 3 is 1.30 bits per heavy atom. The zero-order chi connectivity index (χ0) is 33.9. The summed E-state index contributed by atoms with van der Waals surface area (Å²) in [5.74, 6) is 1.34. The zero-order valence-corrected chi connectivity index (χ0v) is 28.3. The number of likely N-dealkylation sites (tertiary alicyclic amines) is 2. The van der Waals surface area contributed by atoms with Crippen LogP contribution in [0, 0.1) is 11.6 Å². The van der Waals surface area contributed by atoms with E-state index in [1.165, 1.54) is 24.3 Å². The number of benzene rings is 4. The van der Waals surface area contributed by atoms with Gasteiger partial charge in [-0.15, -0.1) is 0 Å². The molecule has 0 spiro atoms. The van der Waals surface area contributed by atoms with Crippen LogP contribution >= 0.6 is 0 Å². The van der Waals surface area contributed by atoms with E-state index in [-0.39, 0.29) is 11.6 Å². The Morgan fingerprint density at radius 2 is 0.900 bits per heavy atom. The number of fused-ring (bicyclic) bond motifs is 2.